The zero-order valence-electron chi connectivity index (χ0n) is 13.0. The predicted molar refractivity (Wildman–Crippen MR) is 88.3 cm³/mol. The highest BCUT2D eigenvalue weighted by Gasteiger charge is 2.17. The lowest BCUT2D eigenvalue weighted by Crippen LogP contribution is -2.17. The van der Waals surface area contributed by atoms with E-state index in [2.05, 4.69) is 5.32 Å². The highest BCUT2D eigenvalue weighted by atomic mass is 19.1. The van der Waals surface area contributed by atoms with Crippen molar-refractivity contribution >= 4 is 22.5 Å². The molecule has 0 saturated carbocycles. The van der Waals surface area contributed by atoms with E-state index >= 15 is 0 Å². The minimum Gasteiger partial charge on any atom is -0.486 e. The second-order valence-electron chi connectivity index (χ2n) is 5.57. The highest BCUT2D eigenvalue weighted by molar-refractivity contribution is 6.06. The van der Waals surface area contributed by atoms with E-state index in [4.69, 9.17) is 9.47 Å². The van der Waals surface area contributed by atoms with Crippen molar-refractivity contribution < 1.29 is 18.7 Å². The van der Waals surface area contributed by atoms with Gasteiger partial charge in [-0.3, -0.25) is 4.79 Å². The zero-order chi connectivity index (χ0) is 16.7. The average molecular weight is 326 g/mol. The number of benzene rings is 2. The maximum atomic E-state index is 13.9. The first kappa shape index (κ1) is 14.6. The van der Waals surface area contributed by atoms with Gasteiger partial charge in [-0.25, -0.2) is 4.39 Å². The number of fused-ring (bicyclic) bond motifs is 2. The van der Waals surface area contributed by atoms with Crippen molar-refractivity contribution in [2.45, 2.75) is 0 Å². The number of hydrogen-bond acceptors (Lipinski definition) is 3. The average Bonchev–Trinajstić information content (AvgIpc) is 2.93. The van der Waals surface area contributed by atoms with Crippen LogP contribution < -0.4 is 14.8 Å². The van der Waals surface area contributed by atoms with Crippen molar-refractivity contribution in [3.05, 3.63) is 54.0 Å². The van der Waals surface area contributed by atoms with E-state index in [1.165, 1.54) is 6.07 Å². The van der Waals surface area contributed by atoms with Crippen molar-refractivity contribution in [3.8, 4) is 11.5 Å². The summed E-state index contributed by atoms with van der Waals surface area (Å²) in [6.07, 6.45) is 0. The monoisotopic (exact) mass is 326 g/mol. The number of carbonyl (C=O) groups is 1. The SMILES string of the molecule is Cn1c(C(=O)Nc2ccc3c(c2)OCCO3)cc2c(F)cccc21. The molecule has 2 aromatic carbocycles. The number of hydrogen-bond donors (Lipinski definition) is 1. The summed E-state index contributed by atoms with van der Waals surface area (Å²) >= 11 is 0. The summed E-state index contributed by atoms with van der Waals surface area (Å²) in [6, 6.07) is 11.6. The Morgan fingerprint density at radius 2 is 1.92 bits per heavy atom. The van der Waals surface area contributed by atoms with Crippen molar-refractivity contribution in [1.82, 2.24) is 4.57 Å². The molecule has 1 N–H and O–H groups in total. The van der Waals surface area contributed by atoms with Crippen LogP contribution in [0.3, 0.4) is 0 Å². The fourth-order valence-corrected chi connectivity index (χ4v) is 2.86. The number of nitrogens with zero attached hydrogens (tertiary/aromatic N) is 1. The van der Waals surface area contributed by atoms with Crippen LogP contribution in [0.2, 0.25) is 0 Å². The molecule has 2 heterocycles. The smallest absolute Gasteiger partial charge is 0.272 e. The van der Waals surface area contributed by atoms with Crippen molar-refractivity contribution in [3.63, 3.8) is 0 Å². The number of nitrogens with one attached hydrogen (secondary N) is 1. The van der Waals surface area contributed by atoms with Crippen molar-refractivity contribution in [2.75, 3.05) is 18.5 Å². The number of anilines is 1. The molecule has 24 heavy (non-hydrogen) atoms. The van der Waals surface area contributed by atoms with Crippen LogP contribution in [-0.4, -0.2) is 23.7 Å². The third-order valence-corrected chi connectivity index (χ3v) is 4.07. The first-order chi connectivity index (χ1) is 11.6. The lowest BCUT2D eigenvalue weighted by molar-refractivity contribution is 0.101. The lowest BCUT2D eigenvalue weighted by Gasteiger charge is -2.19. The Bertz CT molecular complexity index is 949. The Labute approximate surface area is 137 Å². The summed E-state index contributed by atoms with van der Waals surface area (Å²) in [5.74, 6) is 0.597. The number of amides is 1. The van der Waals surface area contributed by atoms with Gasteiger partial charge in [0.25, 0.3) is 5.91 Å². The summed E-state index contributed by atoms with van der Waals surface area (Å²) in [7, 11) is 1.74. The molecule has 122 valence electrons. The van der Waals surface area contributed by atoms with E-state index in [1.807, 2.05) is 0 Å². The molecule has 0 saturated heterocycles. The standard InChI is InChI=1S/C18H15FN2O3/c1-21-14-4-2-3-13(19)12(14)10-15(21)18(22)20-11-5-6-16-17(9-11)24-8-7-23-16/h2-6,9-10H,7-8H2,1H3,(H,20,22). The van der Waals surface area contributed by atoms with Crippen LogP contribution >= 0.6 is 0 Å². The predicted octanol–water partition coefficient (Wildman–Crippen LogP) is 3.34. The number of rotatable bonds is 2. The van der Waals surface area contributed by atoms with Gasteiger partial charge in [-0.15, -0.1) is 0 Å². The van der Waals surface area contributed by atoms with Gasteiger partial charge in [0.15, 0.2) is 11.5 Å². The number of ether oxygens (including phenoxy) is 2. The highest BCUT2D eigenvalue weighted by Crippen LogP contribution is 2.33. The quantitative estimate of drug-likeness (QED) is 0.786. The Kier molecular flexibility index (Phi) is 3.37. The second kappa shape index (κ2) is 5.56. The van der Waals surface area contributed by atoms with Crippen LogP contribution in [0.5, 0.6) is 11.5 Å². The molecule has 0 bridgehead atoms. The van der Waals surface area contributed by atoms with Gasteiger partial charge in [0.1, 0.15) is 24.7 Å². The first-order valence-electron chi connectivity index (χ1n) is 7.58. The lowest BCUT2D eigenvalue weighted by atomic mass is 10.2. The van der Waals surface area contributed by atoms with Crippen LogP contribution in [0, 0.1) is 5.82 Å². The topological polar surface area (TPSA) is 52.5 Å². The van der Waals surface area contributed by atoms with Gasteiger partial charge in [0, 0.05) is 24.2 Å². The molecule has 0 atom stereocenters. The summed E-state index contributed by atoms with van der Waals surface area (Å²) in [4.78, 5) is 12.6. The first-order valence-corrected chi connectivity index (χ1v) is 7.58. The second-order valence-corrected chi connectivity index (χ2v) is 5.57. The van der Waals surface area contributed by atoms with E-state index in [1.54, 1.807) is 48.0 Å². The number of aromatic nitrogens is 1. The number of halogens is 1. The Morgan fingerprint density at radius 1 is 1.12 bits per heavy atom. The van der Waals surface area contributed by atoms with Gasteiger partial charge in [0.05, 0.1) is 5.52 Å². The van der Waals surface area contributed by atoms with E-state index in [-0.39, 0.29) is 11.7 Å². The van der Waals surface area contributed by atoms with Gasteiger partial charge in [-0.2, -0.15) is 0 Å². The van der Waals surface area contributed by atoms with Crippen LogP contribution in [-0.2, 0) is 7.05 Å². The maximum absolute atomic E-state index is 13.9. The molecule has 0 spiro atoms. The van der Waals surface area contributed by atoms with Crippen molar-refractivity contribution in [2.24, 2.45) is 7.05 Å². The molecule has 1 aromatic heterocycles. The largest absolute Gasteiger partial charge is 0.486 e. The van der Waals surface area contributed by atoms with Gasteiger partial charge in [-0.05, 0) is 30.3 Å². The van der Waals surface area contributed by atoms with Crippen LogP contribution in [0.4, 0.5) is 10.1 Å². The minimum absolute atomic E-state index is 0.315. The summed E-state index contributed by atoms with van der Waals surface area (Å²) in [6.45, 7) is 0.993. The minimum atomic E-state index is -0.346. The fourth-order valence-electron chi connectivity index (χ4n) is 2.86. The normalized spacial score (nSPS) is 13.1. The van der Waals surface area contributed by atoms with Gasteiger partial charge in [-0.1, -0.05) is 6.07 Å². The summed E-state index contributed by atoms with van der Waals surface area (Å²) in [5.41, 5.74) is 1.64. The van der Waals surface area contributed by atoms with Gasteiger partial charge in [0.2, 0.25) is 0 Å². The summed E-state index contributed by atoms with van der Waals surface area (Å²) in [5, 5.41) is 3.24. The molecule has 1 aliphatic heterocycles. The molecule has 4 rings (SSSR count). The molecule has 5 nitrogen and oxygen atoms in total. The number of carbonyl (C=O) groups excluding carboxylic acids is 1. The molecular formula is C18H15FN2O3. The molecule has 0 unspecified atom stereocenters. The Hall–Kier alpha value is -3.02. The molecule has 1 aliphatic rings. The maximum Gasteiger partial charge on any atom is 0.272 e. The third kappa shape index (κ3) is 2.36. The molecule has 0 aliphatic carbocycles. The van der Waals surface area contributed by atoms with E-state index in [0.717, 1.165) is 0 Å². The summed E-state index contributed by atoms with van der Waals surface area (Å²) < 4.78 is 26.5. The van der Waals surface area contributed by atoms with Crippen LogP contribution in [0.15, 0.2) is 42.5 Å². The van der Waals surface area contributed by atoms with Gasteiger partial charge < -0.3 is 19.4 Å². The molecule has 1 amide bonds. The third-order valence-electron chi connectivity index (χ3n) is 4.07. The fraction of sp³-hybridized carbons (Fsp3) is 0.167. The molecule has 0 radical (unpaired) electrons. The Balaban J connectivity index is 1.65. The van der Waals surface area contributed by atoms with Crippen LogP contribution in [0.1, 0.15) is 10.5 Å². The zero-order valence-corrected chi connectivity index (χ0v) is 13.0. The van der Waals surface area contributed by atoms with E-state index in [9.17, 15) is 9.18 Å². The van der Waals surface area contributed by atoms with E-state index < -0.39 is 0 Å². The number of aryl methyl sites for hydroxylation is 1. The van der Waals surface area contributed by atoms with E-state index in [0.29, 0.717) is 47.0 Å². The molecule has 6 heteroatoms. The van der Waals surface area contributed by atoms with Gasteiger partial charge >= 0.3 is 0 Å². The van der Waals surface area contributed by atoms with Crippen LogP contribution in [0.25, 0.3) is 10.9 Å². The molecule has 0 fully saturated rings. The molecular weight excluding hydrogens is 311 g/mol. The molecule has 3 aromatic rings. The Morgan fingerprint density at radius 3 is 2.71 bits per heavy atom. The van der Waals surface area contributed by atoms with Crippen molar-refractivity contribution in [1.29, 1.82) is 0 Å².